The van der Waals surface area contributed by atoms with Crippen molar-refractivity contribution < 1.29 is 19.1 Å². The molecule has 1 N–H and O–H groups in total. The Morgan fingerprint density at radius 1 is 1.12 bits per heavy atom. The largest absolute Gasteiger partial charge is 0.497 e. The van der Waals surface area contributed by atoms with Crippen LogP contribution in [0.25, 0.3) is 0 Å². The van der Waals surface area contributed by atoms with Crippen molar-refractivity contribution in [1.29, 1.82) is 0 Å². The first kappa shape index (κ1) is 24.4. The van der Waals surface area contributed by atoms with Crippen molar-refractivity contribution >= 4 is 52.1 Å². The van der Waals surface area contributed by atoms with E-state index in [1.807, 2.05) is 4.90 Å². The van der Waals surface area contributed by atoms with Gasteiger partial charge in [-0.05, 0) is 60.7 Å². The van der Waals surface area contributed by atoms with Crippen LogP contribution in [0.2, 0.25) is 5.02 Å². The van der Waals surface area contributed by atoms with Gasteiger partial charge in [-0.1, -0.05) is 11.6 Å². The first-order valence-electron chi connectivity index (χ1n) is 11.1. The summed E-state index contributed by atoms with van der Waals surface area (Å²) in [6.07, 6.45) is -0.0157. The number of thiocarbonyl (C=S) groups is 1. The zero-order valence-corrected chi connectivity index (χ0v) is 20.5. The van der Waals surface area contributed by atoms with Gasteiger partial charge in [0.15, 0.2) is 5.11 Å². The molecule has 0 spiro atoms. The third kappa shape index (κ3) is 5.67. The first-order valence-corrected chi connectivity index (χ1v) is 11.9. The Balaban J connectivity index is 1.50. The number of carbonyl (C=O) groups is 2. The lowest BCUT2D eigenvalue weighted by molar-refractivity contribution is -0.124. The number of halogens is 1. The molecule has 2 fully saturated rings. The quantitative estimate of drug-likeness (QED) is 0.556. The lowest BCUT2D eigenvalue weighted by Gasteiger charge is -2.30. The molecule has 1 atom stereocenters. The van der Waals surface area contributed by atoms with E-state index >= 15 is 0 Å². The highest BCUT2D eigenvalue weighted by atomic mass is 35.5. The maximum absolute atomic E-state index is 13.5. The van der Waals surface area contributed by atoms with E-state index in [9.17, 15) is 9.59 Å². The molecule has 0 saturated carbocycles. The Hall–Kier alpha value is -2.72. The summed E-state index contributed by atoms with van der Waals surface area (Å²) in [4.78, 5) is 32.0. The van der Waals surface area contributed by atoms with Gasteiger partial charge in [-0.3, -0.25) is 19.4 Å². The van der Waals surface area contributed by atoms with Crippen molar-refractivity contribution in [2.24, 2.45) is 0 Å². The van der Waals surface area contributed by atoms with E-state index < -0.39 is 6.04 Å². The number of anilines is 2. The van der Waals surface area contributed by atoms with Gasteiger partial charge in [0.05, 0.1) is 32.4 Å². The molecule has 0 bridgehead atoms. The number of nitrogens with zero attached hydrogens (tertiary/aromatic N) is 3. The van der Waals surface area contributed by atoms with E-state index in [4.69, 9.17) is 33.3 Å². The minimum absolute atomic E-state index is 0.0157. The fourth-order valence-electron chi connectivity index (χ4n) is 4.05. The number of morpholine rings is 1. The van der Waals surface area contributed by atoms with Gasteiger partial charge < -0.3 is 19.7 Å². The van der Waals surface area contributed by atoms with Crippen LogP contribution in [-0.2, 0) is 14.3 Å². The van der Waals surface area contributed by atoms with Crippen LogP contribution in [0.3, 0.4) is 0 Å². The molecule has 1 unspecified atom stereocenters. The lowest BCUT2D eigenvalue weighted by Crippen LogP contribution is -2.45. The molecular weight excluding hydrogens is 476 g/mol. The average Bonchev–Trinajstić information content (AvgIpc) is 3.08. The zero-order chi connectivity index (χ0) is 24.1. The molecule has 2 aliphatic heterocycles. The van der Waals surface area contributed by atoms with Crippen molar-refractivity contribution in [2.45, 2.75) is 12.5 Å². The fraction of sp³-hybridized carbons (Fsp3) is 0.375. The van der Waals surface area contributed by atoms with Gasteiger partial charge in [-0.2, -0.15) is 0 Å². The Morgan fingerprint density at radius 3 is 2.44 bits per heavy atom. The standard InChI is InChI=1S/C24H27ClN4O4S/c1-32-20-8-4-18(5-9-20)26-22(30)16-21-23(31)29(19-6-2-17(25)3-7-19)24(34)28(21)11-10-27-12-14-33-15-13-27/h2-9,21H,10-16H2,1H3,(H,26,30). The highest BCUT2D eigenvalue weighted by molar-refractivity contribution is 7.80. The van der Waals surface area contributed by atoms with Crippen LogP contribution in [0.5, 0.6) is 5.75 Å². The molecule has 8 nitrogen and oxygen atoms in total. The number of hydrogen-bond donors (Lipinski definition) is 1. The van der Waals surface area contributed by atoms with Gasteiger partial charge in [-0.25, -0.2) is 0 Å². The topological polar surface area (TPSA) is 74.4 Å². The Morgan fingerprint density at radius 2 is 1.79 bits per heavy atom. The van der Waals surface area contributed by atoms with Crippen molar-refractivity contribution in [3.05, 3.63) is 53.6 Å². The van der Waals surface area contributed by atoms with Crippen LogP contribution in [0.15, 0.2) is 48.5 Å². The summed E-state index contributed by atoms with van der Waals surface area (Å²) >= 11 is 11.7. The summed E-state index contributed by atoms with van der Waals surface area (Å²) < 4.78 is 10.6. The fourth-order valence-corrected chi connectivity index (χ4v) is 4.59. The molecule has 10 heteroatoms. The van der Waals surface area contributed by atoms with Gasteiger partial charge in [0.25, 0.3) is 5.91 Å². The van der Waals surface area contributed by atoms with Crippen LogP contribution in [0.1, 0.15) is 6.42 Å². The van der Waals surface area contributed by atoms with Gasteiger partial charge in [0.2, 0.25) is 5.91 Å². The summed E-state index contributed by atoms with van der Waals surface area (Å²) in [7, 11) is 1.58. The molecule has 2 aromatic rings. The zero-order valence-electron chi connectivity index (χ0n) is 18.9. The van der Waals surface area contributed by atoms with E-state index in [2.05, 4.69) is 10.2 Å². The average molecular weight is 503 g/mol. The van der Waals surface area contributed by atoms with Crippen molar-refractivity contribution in [3.63, 3.8) is 0 Å². The second-order valence-electron chi connectivity index (χ2n) is 8.08. The highest BCUT2D eigenvalue weighted by Gasteiger charge is 2.44. The molecule has 0 radical (unpaired) electrons. The molecule has 2 saturated heterocycles. The number of rotatable bonds is 8. The monoisotopic (exact) mass is 502 g/mol. The van der Waals surface area contributed by atoms with E-state index in [1.54, 1.807) is 55.6 Å². The van der Waals surface area contributed by atoms with Crippen LogP contribution < -0.4 is 15.0 Å². The normalized spacial score (nSPS) is 18.9. The summed E-state index contributed by atoms with van der Waals surface area (Å²) in [5.74, 6) is 0.210. The number of amides is 2. The Labute approximate surface area is 209 Å². The summed E-state index contributed by atoms with van der Waals surface area (Å²) in [5, 5.41) is 3.83. The Kier molecular flexibility index (Phi) is 7.99. The van der Waals surface area contributed by atoms with Gasteiger partial charge >= 0.3 is 0 Å². The van der Waals surface area contributed by atoms with Crippen molar-refractivity contribution in [3.8, 4) is 5.75 Å². The van der Waals surface area contributed by atoms with Crippen LogP contribution in [0.4, 0.5) is 11.4 Å². The second kappa shape index (κ2) is 11.1. The highest BCUT2D eigenvalue weighted by Crippen LogP contribution is 2.28. The number of benzene rings is 2. The maximum Gasteiger partial charge on any atom is 0.256 e. The summed E-state index contributed by atoms with van der Waals surface area (Å²) in [5.41, 5.74) is 1.27. The van der Waals surface area contributed by atoms with Crippen molar-refractivity contribution in [2.75, 3.05) is 56.7 Å². The Bertz CT molecular complexity index is 1030. The van der Waals surface area contributed by atoms with Gasteiger partial charge in [0, 0.05) is 36.9 Å². The minimum Gasteiger partial charge on any atom is -0.497 e. The van der Waals surface area contributed by atoms with Crippen molar-refractivity contribution in [1.82, 2.24) is 9.80 Å². The van der Waals surface area contributed by atoms with E-state index in [0.717, 1.165) is 19.6 Å². The summed E-state index contributed by atoms with van der Waals surface area (Å²) in [6, 6.07) is 13.3. The molecule has 2 aromatic carbocycles. The molecule has 180 valence electrons. The number of hydrogen-bond acceptors (Lipinski definition) is 6. The molecule has 0 aromatic heterocycles. The number of ether oxygens (including phenoxy) is 2. The lowest BCUT2D eigenvalue weighted by atomic mass is 10.1. The summed E-state index contributed by atoms with van der Waals surface area (Å²) in [6.45, 7) is 4.30. The molecular formula is C24H27ClN4O4S. The SMILES string of the molecule is COc1ccc(NC(=O)CC2C(=O)N(c3ccc(Cl)cc3)C(=S)N2CCN2CCOCC2)cc1. The molecule has 2 aliphatic rings. The third-order valence-corrected chi connectivity index (χ3v) is 6.59. The predicted molar refractivity (Wildman–Crippen MR) is 136 cm³/mol. The van der Waals surface area contributed by atoms with Crippen LogP contribution >= 0.6 is 23.8 Å². The van der Waals surface area contributed by atoms with E-state index in [1.165, 1.54) is 4.90 Å². The molecule has 2 heterocycles. The predicted octanol–water partition coefficient (Wildman–Crippen LogP) is 3.01. The molecule has 34 heavy (non-hydrogen) atoms. The molecule has 4 rings (SSSR count). The maximum atomic E-state index is 13.5. The van der Waals surface area contributed by atoms with Crippen LogP contribution in [0, 0.1) is 0 Å². The minimum atomic E-state index is -0.692. The van der Waals surface area contributed by atoms with E-state index in [-0.39, 0.29) is 18.2 Å². The number of carbonyl (C=O) groups excluding carboxylic acids is 2. The smallest absolute Gasteiger partial charge is 0.256 e. The number of methoxy groups -OCH3 is 1. The molecule has 2 amide bonds. The number of nitrogens with one attached hydrogen (secondary N) is 1. The van der Waals surface area contributed by atoms with Gasteiger partial charge in [0.1, 0.15) is 11.8 Å². The second-order valence-corrected chi connectivity index (χ2v) is 8.88. The molecule has 0 aliphatic carbocycles. The first-order chi connectivity index (χ1) is 16.5. The van der Waals surface area contributed by atoms with Gasteiger partial charge in [-0.15, -0.1) is 0 Å². The van der Waals surface area contributed by atoms with E-state index in [0.29, 0.717) is 47.0 Å². The third-order valence-electron chi connectivity index (χ3n) is 5.92. The van der Waals surface area contributed by atoms with Crippen LogP contribution in [-0.4, -0.2) is 79.3 Å².